The van der Waals surface area contributed by atoms with E-state index in [1.165, 1.54) is 0 Å². The second-order valence-electron chi connectivity index (χ2n) is 5.52. The molecule has 0 amide bonds. The van der Waals surface area contributed by atoms with Gasteiger partial charge < -0.3 is 15.7 Å². The first-order valence-electron chi connectivity index (χ1n) is 7.27. The van der Waals surface area contributed by atoms with Crippen molar-refractivity contribution in [2.75, 3.05) is 64.1 Å². The highest BCUT2D eigenvalue weighted by Gasteiger charge is 2.24. The summed E-state index contributed by atoms with van der Waals surface area (Å²) < 4.78 is 0. The third kappa shape index (κ3) is 3.99. The number of nitrogens with two attached hydrogens (primary N) is 1. The number of aliphatic hydroxyl groups is 1. The van der Waals surface area contributed by atoms with E-state index in [1.54, 1.807) is 0 Å². The third-order valence-electron chi connectivity index (χ3n) is 3.80. The Balaban J connectivity index is 2.05. The van der Waals surface area contributed by atoms with Gasteiger partial charge in [-0.15, -0.1) is 0 Å². The Hall–Kier alpha value is -1.51. The number of hydrogen-bond acceptors (Lipinski definition) is 8. The van der Waals surface area contributed by atoms with Gasteiger partial charge in [-0.25, -0.2) is 0 Å². The average Bonchev–Trinajstić information content (AvgIpc) is 2.47. The molecule has 0 bridgehead atoms. The molecule has 0 radical (unpaired) electrons. The Morgan fingerprint density at radius 2 is 1.86 bits per heavy atom. The van der Waals surface area contributed by atoms with Gasteiger partial charge in [0.1, 0.15) is 0 Å². The quantitative estimate of drug-likeness (QED) is 0.728. The summed E-state index contributed by atoms with van der Waals surface area (Å²) in [5.41, 5.74) is 5.78. The molecule has 1 unspecified atom stereocenters. The number of aromatic nitrogens is 3. The van der Waals surface area contributed by atoms with Crippen LogP contribution in [0.25, 0.3) is 0 Å². The lowest BCUT2D eigenvalue weighted by molar-refractivity contribution is 0.0862. The normalized spacial score (nSPS) is 18.7. The fourth-order valence-electron chi connectivity index (χ4n) is 2.46. The van der Waals surface area contributed by atoms with Crippen LogP contribution in [0, 0.1) is 0 Å². The van der Waals surface area contributed by atoms with E-state index >= 15 is 0 Å². The van der Waals surface area contributed by atoms with Crippen LogP contribution < -0.4 is 10.6 Å². The molecule has 0 aliphatic carbocycles. The molecule has 21 heavy (non-hydrogen) atoms. The number of β-amino-alcohol motifs (C(OH)–C–C–N with tert-alkyl or cyclic N) is 1. The minimum atomic E-state index is 0.102. The summed E-state index contributed by atoms with van der Waals surface area (Å²) in [5.74, 6) is 1.56. The van der Waals surface area contributed by atoms with Gasteiger partial charge in [0.05, 0.1) is 12.6 Å². The number of piperazine rings is 1. The summed E-state index contributed by atoms with van der Waals surface area (Å²) in [7, 11) is 3.77. The van der Waals surface area contributed by atoms with E-state index in [9.17, 15) is 0 Å². The van der Waals surface area contributed by atoms with Crippen LogP contribution in [0.3, 0.4) is 0 Å². The lowest BCUT2D eigenvalue weighted by Gasteiger charge is -2.37. The maximum atomic E-state index is 8.98. The number of aliphatic hydroxyl groups excluding tert-OH is 1. The summed E-state index contributed by atoms with van der Waals surface area (Å²) in [4.78, 5) is 19.3. The molecular weight excluding hydrogens is 270 g/mol. The van der Waals surface area contributed by atoms with Gasteiger partial charge in [-0.05, 0) is 6.92 Å². The molecule has 0 spiro atoms. The van der Waals surface area contributed by atoms with E-state index in [0.29, 0.717) is 11.8 Å². The summed E-state index contributed by atoms with van der Waals surface area (Å²) in [6.07, 6.45) is 0. The molecule has 118 valence electrons. The minimum absolute atomic E-state index is 0.102. The number of anilines is 2. The highest BCUT2D eigenvalue weighted by molar-refractivity contribution is 5.33. The average molecular weight is 295 g/mol. The van der Waals surface area contributed by atoms with Crippen LogP contribution >= 0.6 is 0 Å². The van der Waals surface area contributed by atoms with Gasteiger partial charge in [-0.2, -0.15) is 15.0 Å². The van der Waals surface area contributed by atoms with Gasteiger partial charge in [0.25, 0.3) is 0 Å². The fraction of sp³-hybridized carbons (Fsp3) is 0.769. The lowest BCUT2D eigenvalue weighted by atomic mass is 10.2. The summed E-state index contributed by atoms with van der Waals surface area (Å²) >= 11 is 0. The first-order chi connectivity index (χ1) is 10.0. The van der Waals surface area contributed by atoms with Crippen LogP contribution in [0.4, 0.5) is 11.9 Å². The Labute approximate surface area is 125 Å². The van der Waals surface area contributed by atoms with Crippen LogP contribution in [0.15, 0.2) is 0 Å². The van der Waals surface area contributed by atoms with Gasteiger partial charge in [0.15, 0.2) is 5.82 Å². The highest BCUT2D eigenvalue weighted by atomic mass is 16.3. The standard InChI is InChI=1S/C13H25N7O/c1-10(20-6-4-19(5-7-20)8-9-21)11-15-12(14)17-13(16-11)18(2)3/h10,21H,4-9H2,1-3H3,(H2,14,15,16,17). The molecule has 1 aliphatic rings. The van der Waals surface area contributed by atoms with Crippen molar-refractivity contribution in [3.63, 3.8) is 0 Å². The fourth-order valence-corrected chi connectivity index (χ4v) is 2.46. The predicted octanol–water partition coefficient (Wildman–Crippen LogP) is -0.809. The maximum absolute atomic E-state index is 8.98. The summed E-state index contributed by atoms with van der Waals surface area (Å²) in [5, 5.41) is 8.98. The van der Waals surface area contributed by atoms with Crippen LogP contribution in [0.2, 0.25) is 0 Å². The van der Waals surface area contributed by atoms with Crippen molar-refractivity contribution in [2.45, 2.75) is 13.0 Å². The molecule has 1 aromatic rings. The molecule has 1 saturated heterocycles. The van der Waals surface area contributed by atoms with Crippen LogP contribution in [-0.4, -0.2) is 83.3 Å². The highest BCUT2D eigenvalue weighted by Crippen LogP contribution is 2.20. The number of nitrogens with zero attached hydrogens (tertiary/aromatic N) is 6. The third-order valence-corrected chi connectivity index (χ3v) is 3.80. The van der Waals surface area contributed by atoms with Crippen molar-refractivity contribution in [3.05, 3.63) is 5.82 Å². The van der Waals surface area contributed by atoms with Gasteiger partial charge in [-0.3, -0.25) is 9.80 Å². The molecule has 1 aliphatic heterocycles. The molecule has 8 nitrogen and oxygen atoms in total. The molecule has 3 N–H and O–H groups in total. The second kappa shape index (κ2) is 6.97. The first kappa shape index (κ1) is 15.9. The predicted molar refractivity (Wildman–Crippen MR) is 82.1 cm³/mol. The van der Waals surface area contributed by atoms with Crippen LogP contribution in [0.1, 0.15) is 18.8 Å². The number of nitrogen functional groups attached to an aromatic ring is 1. The largest absolute Gasteiger partial charge is 0.395 e. The molecule has 8 heteroatoms. The van der Waals surface area contributed by atoms with E-state index < -0.39 is 0 Å². The molecule has 1 atom stereocenters. The van der Waals surface area contributed by atoms with E-state index in [2.05, 4.69) is 31.7 Å². The first-order valence-corrected chi connectivity index (χ1v) is 7.27. The SMILES string of the molecule is CC(c1nc(N)nc(N(C)C)n1)N1CCN(CCO)CC1. The zero-order valence-electron chi connectivity index (χ0n) is 13.0. The van der Waals surface area contributed by atoms with E-state index in [1.807, 2.05) is 19.0 Å². The molecule has 2 heterocycles. The van der Waals surface area contributed by atoms with Gasteiger partial charge in [-0.1, -0.05) is 0 Å². The summed E-state index contributed by atoms with van der Waals surface area (Å²) in [6, 6.07) is 0.102. The van der Waals surface area contributed by atoms with E-state index in [4.69, 9.17) is 10.8 Å². The number of rotatable bonds is 5. The van der Waals surface area contributed by atoms with Crippen molar-refractivity contribution in [2.24, 2.45) is 0 Å². The zero-order chi connectivity index (χ0) is 15.4. The monoisotopic (exact) mass is 295 g/mol. The zero-order valence-corrected chi connectivity index (χ0v) is 13.0. The maximum Gasteiger partial charge on any atom is 0.229 e. The molecular formula is C13H25N7O. The Kier molecular flexibility index (Phi) is 5.27. The van der Waals surface area contributed by atoms with Crippen molar-refractivity contribution in [1.29, 1.82) is 0 Å². The van der Waals surface area contributed by atoms with Crippen molar-refractivity contribution >= 4 is 11.9 Å². The molecule has 2 rings (SSSR count). The Bertz CT molecular complexity index is 460. The Morgan fingerprint density at radius 3 is 2.43 bits per heavy atom. The van der Waals surface area contributed by atoms with Crippen molar-refractivity contribution < 1.29 is 5.11 Å². The van der Waals surface area contributed by atoms with Gasteiger partial charge in [0, 0.05) is 46.8 Å². The molecule has 0 aromatic carbocycles. The van der Waals surface area contributed by atoms with Gasteiger partial charge in [0.2, 0.25) is 11.9 Å². The lowest BCUT2D eigenvalue weighted by Crippen LogP contribution is -2.48. The van der Waals surface area contributed by atoms with E-state index in [0.717, 1.165) is 32.7 Å². The number of hydrogen-bond donors (Lipinski definition) is 2. The van der Waals surface area contributed by atoms with Crippen molar-refractivity contribution in [3.8, 4) is 0 Å². The van der Waals surface area contributed by atoms with E-state index in [-0.39, 0.29) is 18.6 Å². The summed E-state index contributed by atoms with van der Waals surface area (Å²) in [6.45, 7) is 6.82. The van der Waals surface area contributed by atoms with Crippen LogP contribution in [-0.2, 0) is 0 Å². The molecule has 1 fully saturated rings. The smallest absolute Gasteiger partial charge is 0.229 e. The second-order valence-corrected chi connectivity index (χ2v) is 5.52. The van der Waals surface area contributed by atoms with Crippen LogP contribution in [0.5, 0.6) is 0 Å². The Morgan fingerprint density at radius 1 is 1.19 bits per heavy atom. The van der Waals surface area contributed by atoms with Gasteiger partial charge >= 0.3 is 0 Å². The topological polar surface area (TPSA) is 94.6 Å². The van der Waals surface area contributed by atoms with Crippen molar-refractivity contribution in [1.82, 2.24) is 24.8 Å². The molecule has 0 saturated carbocycles. The minimum Gasteiger partial charge on any atom is -0.395 e. The molecule has 1 aromatic heterocycles.